The topological polar surface area (TPSA) is 175 Å². The monoisotopic (exact) mass is 1010 g/mol. The van der Waals surface area contributed by atoms with Crippen molar-refractivity contribution in [1.82, 2.24) is 40.4 Å². The van der Waals surface area contributed by atoms with Crippen molar-refractivity contribution in [2.75, 3.05) is 51.3 Å². The summed E-state index contributed by atoms with van der Waals surface area (Å²) in [5.74, 6) is 2.76. The molecule has 4 unspecified atom stereocenters. The third-order valence-corrected chi connectivity index (χ3v) is 15.7. The number of methoxy groups -OCH3 is 2. The number of amides is 4. The normalized spacial score (nSPS) is 17.3. The second-order valence-corrected chi connectivity index (χ2v) is 20.8. The van der Waals surface area contributed by atoms with E-state index in [-0.39, 0.29) is 23.9 Å². The van der Waals surface area contributed by atoms with Gasteiger partial charge in [0.15, 0.2) is 0 Å². The zero-order valence-electron chi connectivity index (χ0n) is 41.5. The maximum absolute atomic E-state index is 13.8. The number of imidazole rings is 2. The van der Waals surface area contributed by atoms with Gasteiger partial charge in [0.25, 0.3) is 0 Å². The number of ether oxygens (including phenoxy) is 2. The number of nitrogens with one attached hydrogen (secondary N) is 4. The minimum Gasteiger partial charge on any atom is -0.453 e. The largest absolute Gasteiger partial charge is 0.453 e. The van der Waals surface area contributed by atoms with Crippen LogP contribution in [-0.2, 0) is 44.7 Å². The Hall–Kier alpha value is -6.52. The first kappa shape index (κ1) is 50.4. The molecule has 6 aromatic rings. The van der Waals surface area contributed by atoms with Crippen molar-refractivity contribution in [2.45, 2.75) is 88.4 Å². The first-order valence-corrected chi connectivity index (χ1v) is 27.8. The quantitative estimate of drug-likeness (QED) is 0.0731. The zero-order chi connectivity index (χ0) is 50.1. The van der Waals surface area contributed by atoms with Gasteiger partial charge in [-0.2, -0.15) is 23.5 Å². The van der Waals surface area contributed by atoms with Crippen LogP contribution in [0.2, 0.25) is 0 Å². The van der Waals surface area contributed by atoms with Crippen molar-refractivity contribution < 1.29 is 28.7 Å². The fraction of sp³-hybridized carbons (Fsp3) is 0.393. The number of hydrogen-bond acceptors (Lipinski definition) is 10. The maximum Gasteiger partial charge on any atom is 0.407 e. The highest BCUT2D eigenvalue weighted by molar-refractivity contribution is 7.98. The maximum atomic E-state index is 13.8. The van der Waals surface area contributed by atoms with E-state index in [9.17, 15) is 19.2 Å². The van der Waals surface area contributed by atoms with Crippen molar-refractivity contribution >= 4 is 47.5 Å². The molecule has 4 aliphatic carbocycles. The van der Waals surface area contributed by atoms with Crippen LogP contribution < -0.4 is 10.6 Å². The van der Waals surface area contributed by atoms with Gasteiger partial charge < -0.3 is 39.9 Å². The summed E-state index contributed by atoms with van der Waals surface area (Å²) in [6, 6.07) is 29.6. The Kier molecular flexibility index (Phi) is 16.4. The van der Waals surface area contributed by atoms with Gasteiger partial charge in [0.05, 0.1) is 50.1 Å². The van der Waals surface area contributed by atoms with E-state index in [0.29, 0.717) is 25.9 Å². The molecule has 0 radical (unpaired) electrons. The van der Waals surface area contributed by atoms with Crippen LogP contribution in [0.4, 0.5) is 9.59 Å². The molecule has 4 amide bonds. The van der Waals surface area contributed by atoms with Gasteiger partial charge in [-0.25, -0.2) is 19.6 Å². The molecule has 2 fully saturated rings. The average Bonchev–Trinajstić information content (AvgIpc) is 4.27. The third-order valence-electron chi connectivity index (χ3n) is 14.4. The SMILES string of the molecule is COC(=O)NC(CCSC)C(=O)N1CCCC1c1ncc(-c2ccc(-c3cc4ccc3CCc3ccc(c(-c5ccc(-c6cnc(C7CCCN7C(=O)C(CCSC)NC(=O)OC)[nH]6)cc5)c3)CC4)cc2)[nH]1. The van der Waals surface area contributed by atoms with E-state index in [0.717, 1.165) is 97.0 Å². The second-order valence-electron chi connectivity index (χ2n) is 18.8. The minimum atomic E-state index is -0.655. The van der Waals surface area contributed by atoms with E-state index < -0.39 is 24.3 Å². The standard InChI is InChI=1S/C56H64N8O6S2/c1-69-55(67)61-45(25-29-71-3)53(65)63-27-5-7-49(63)51-57-33-47(59-51)41-21-17-39(18-22-41)43-31-35-9-13-37(43)15-11-36-10-14-38(16-12-35)44(32-36)40-19-23-42(24-20-40)48-34-58-52(60-48)50-8-6-28-64(50)54(66)46(26-30-72-4)62-56(68)70-2/h9-10,13-14,17-24,31-34,45-46,49-50H,5-8,11-12,15-16,25-30H2,1-4H3,(H,57,59)(H,58,60)(H,61,67)(H,62,68). The molecule has 4 atom stereocenters. The Balaban J connectivity index is 0.865. The number of thioether (sulfide) groups is 2. The molecule has 4 N–H and O–H groups in total. The predicted octanol–water partition coefficient (Wildman–Crippen LogP) is 9.97. The van der Waals surface area contributed by atoms with E-state index >= 15 is 0 Å². The summed E-state index contributed by atoms with van der Waals surface area (Å²) in [6.07, 6.45) is 14.4. The number of likely N-dealkylation sites (tertiary alicyclic amines) is 2. The number of nitrogens with zero attached hydrogens (tertiary/aromatic N) is 4. The number of H-pyrrole nitrogens is 2. The Morgan fingerprint density at radius 1 is 0.597 bits per heavy atom. The van der Waals surface area contributed by atoms with Crippen molar-refractivity contribution in [3.05, 3.63) is 131 Å². The molecule has 12 rings (SSSR count). The summed E-state index contributed by atoms with van der Waals surface area (Å²) in [5, 5.41) is 5.50. The lowest BCUT2D eigenvalue weighted by Crippen LogP contribution is -2.48. The van der Waals surface area contributed by atoms with Crippen molar-refractivity contribution in [1.29, 1.82) is 0 Å². The summed E-state index contributed by atoms with van der Waals surface area (Å²) in [4.78, 5) is 72.0. The number of benzene rings is 4. The van der Waals surface area contributed by atoms with E-state index in [1.54, 1.807) is 23.5 Å². The van der Waals surface area contributed by atoms with Gasteiger partial charge in [-0.3, -0.25) is 9.59 Å². The van der Waals surface area contributed by atoms with Gasteiger partial charge in [-0.1, -0.05) is 84.9 Å². The highest BCUT2D eigenvalue weighted by Crippen LogP contribution is 2.37. The number of alkyl carbamates (subject to hydrolysis) is 2. The molecular weight excluding hydrogens is 945 g/mol. The molecule has 0 saturated carbocycles. The number of carbonyl (C=O) groups excluding carboxylic acids is 4. The molecule has 0 spiro atoms. The van der Waals surface area contributed by atoms with Gasteiger partial charge >= 0.3 is 12.2 Å². The van der Waals surface area contributed by atoms with Crippen LogP contribution >= 0.6 is 23.5 Å². The molecule has 2 aromatic heterocycles. The van der Waals surface area contributed by atoms with Crippen LogP contribution in [0.1, 0.15) is 84.5 Å². The predicted molar refractivity (Wildman–Crippen MR) is 286 cm³/mol. The molecule has 4 heterocycles. The average molecular weight is 1010 g/mol. The number of rotatable bonds is 16. The van der Waals surface area contributed by atoms with Crippen molar-refractivity contribution in [3.63, 3.8) is 0 Å². The molecule has 16 heteroatoms. The first-order valence-electron chi connectivity index (χ1n) is 25.0. The van der Waals surface area contributed by atoms with Gasteiger partial charge in [-0.15, -0.1) is 0 Å². The summed E-state index contributed by atoms with van der Waals surface area (Å²) in [7, 11) is 2.62. The number of carbonyl (C=O) groups is 4. The lowest BCUT2D eigenvalue weighted by molar-refractivity contribution is -0.135. The van der Waals surface area contributed by atoms with Crippen molar-refractivity contribution in [2.24, 2.45) is 0 Å². The Labute approximate surface area is 430 Å². The minimum absolute atomic E-state index is 0.109. The van der Waals surface area contributed by atoms with Gasteiger partial charge in [0.1, 0.15) is 23.7 Å². The molecule has 4 aromatic carbocycles. The van der Waals surface area contributed by atoms with Gasteiger partial charge in [0.2, 0.25) is 11.8 Å². The summed E-state index contributed by atoms with van der Waals surface area (Å²) >= 11 is 3.27. The van der Waals surface area contributed by atoms with E-state index in [4.69, 9.17) is 19.4 Å². The van der Waals surface area contributed by atoms with Crippen LogP contribution in [-0.4, -0.2) is 117 Å². The molecule has 2 saturated heterocycles. The fourth-order valence-corrected chi connectivity index (χ4v) is 11.4. The van der Waals surface area contributed by atoms with Crippen LogP contribution in [0.5, 0.6) is 0 Å². The molecule has 2 aliphatic heterocycles. The number of aryl methyl sites for hydroxylation is 4. The Bertz CT molecular complexity index is 2670. The molecule has 14 nitrogen and oxygen atoms in total. The highest BCUT2D eigenvalue weighted by atomic mass is 32.2. The van der Waals surface area contributed by atoms with E-state index in [1.165, 1.54) is 58.7 Å². The van der Waals surface area contributed by atoms with E-state index in [2.05, 4.69) is 106 Å². The fourth-order valence-electron chi connectivity index (χ4n) is 10.5. The smallest absolute Gasteiger partial charge is 0.407 e. The van der Waals surface area contributed by atoms with Crippen LogP contribution in [0, 0.1) is 0 Å². The summed E-state index contributed by atoms with van der Waals surface area (Å²) in [5.41, 5.74) is 13.9. The Morgan fingerprint density at radius 3 is 1.39 bits per heavy atom. The van der Waals surface area contributed by atoms with Crippen LogP contribution in [0.3, 0.4) is 0 Å². The first-order chi connectivity index (χ1) is 35.1. The molecule has 72 heavy (non-hydrogen) atoms. The Morgan fingerprint density at radius 2 is 1.00 bits per heavy atom. The zero-order valence-corrected chi connectivity index (χ0v) is 43.1. The van der Waals surface area contributed by atoms with E-state index in [1.807, 2.05) is 34.7 Å². The number of hydrogen-bond donors (Lipinski definition) is 4. The summed E-state index contributed by atoms with van der Waals surface area (Å²) < 4.78 is 9.65. The third kappa shape index (κ3) is 11.4. The van der Waals surface area contributed by atoms with Crippen molar-refractivity contribution in [3.8, 4) is 44.8 Å². The molecular formula is C56H64N8O6S2. The highest BCUT2D eigenvalue weighted by Gasteiger charge is 2.38. The lowest BCUT2D eigenvalue weighted by Gasteiger charge is -2.28. The van der Waals surface area contributed by atoms with Crippen LogP contribution in [0.15, 0.2) is 97.3 Å². The molecule has 4 bridgehead atoms. The molecule has 376 valence electrons. The second kappa shape index (κ2) is 23.4. The van der Waals surface area contributed by atoms with Crippen LogP contribution in [0.25, 0.3) is 44.8 Å². The lowest BCUT2D eigenvalue weighted by atomic mass is 9.87. The molecule has 6 aliphatic rings. The number of aromatic nitrogens is 4. The van der Waals surface area contributed by atoms with Gasteiger partial charge in [-0.05, 0) is 144 Å². The van der Waals surface area contributed by atoms with Gasteiger partial charge in [0, 0.05) is 13.1 Å². The summed E-state index contributed by atoms with van der Waals surface area (Å²) in [6.45, 7) is 1.22. The number of aromatic amines is 2.